The minimum atomic E-state index is -3.98. The number of aromatic nitrogens is 2. The first-order valence-corrected chi connectivity index (χ1v) is 9.11. The van der Waals surface area contributed by atoms with Crippen molar-refractivity contribution in [3.8, 4) is 5.75 Å². The van der Waals surface area contributed by atoms with E-state index < -0.39 is 22.5 Å². The van der Waals surface area contributed by atoms with Gasteiger partial charge in [-0.1, -0.05) is 17.7 Å². The van der Waals surface area contributed by atoms with Gasteiger partial charge in [-0.05, 0) is 40.6 Å². The summed E-state index contributed by atoms with van der Waals surface area (Å²) in [7, 11) is -2.51. The first-order chi connectivity index (χ1) is 12.4. The van der Waals surface area contributed by atoms with Crippen molar-refractivity contribution in [1.82, 2.24) is 15.0 Å². The van der Waals surface area contributed by atoms with Gasteiger partial charge in [-0.15, -0.1) is 0 Å². The zero-order valence-electron chi connectivity index (χ0n) is 13.4. The van der Waals surface area contributed by atoms with Crippen LogP contribution < -0.4 is 14.8 Å². The van der Waals surface area contributed by atoms with Crippen LogP contribution in [0.15, 0.2) is 45.9 Å². The van der Waals surface area contributed by atoms with E-state index >= 15 is 0 Å². The molecule has 1 amide bonds. The van der Waals surface area contributed by atoms with E-state index in [0.29, 0.717) is 22.0 Å². The maximum atomic E-state index is 12.4. The Hall–Kier alpha value is -2.69. The SMILES string of the molecule is COc1ccc(NC(=O)CNS(=O)(=O)c2cccc3nonc23)cc1Cl. The number of amides is 1. The van der Waals surface area contributed by atoms with Crippen LogP contribution in [0.25, 0.3) is 11.0 Å². The molecule has 2 aromatic carbocycles. The maximum absolute atomic E-state index is 12.4. The Morgan fingerprint density at radius 2 is 2.08 bits per heavy atom. The first kappa shape index (κ1) is 18.1. The van der Waals surface area contributed by atoms with Gasteiger partial charge in [0.2, 0.25) is 15.9 Å². The highest BCUT2D eigenvalue weighted by Gasteiger charge is 2.21. The Labute approximate surface area is 153 Å². The summed E-state index contributed by atoms with van der Waals surface area (Å²) in [6.45, 7) is -0.479. The second kappa shape index (κ2) is 7.28. The number of benzene rings is 2. The van der Waals surface area contributed by atoms with Gasteiger partial charge in [0.25, 0.3) is 0 Å². The molecule has 9 nitrogen and oxygen atoms in total. The Morgan fingerprint density at radius 1 is 1.27 bits per heavy atom. The van der Waals surface area contributed by atoms with Crippen molar-refractivity contribution in [2.24, 2.45) is 0 Å². The van der Waals surface area contributed by atoms with Crippen LogP contribution >= 0.6 is 11.6 Å². The predicted octanol–water partition coefficient (Wildman–Crippen LogP) is 1.80. The second-order valence-electron chi connectivity index (χ2n) is 5.11. The Kier molecular flexibility index (Phi) is 5.07. The summed E-state index contributed by atoms with van der Waals surface area (Å²) >= 11 is 5.98. The number of rotatable bonds is 6. The lowest BCUT2D eigenvalue weighted by Crippen LogP contribution is -2.33. The molecule has 11 heteroatoms. The number of nitrogens with one attached hydrogen (secondary N) is 2. The van der Waals surface area contributed by atoms with E-state index in [1.165, 1.54) is 25.3 Å². The van der Waals surface area contributed by atoms with Crippen molar-refractivity contribution < 1.29 is 22.6 Å². The number of carbonyl (C=O) groups excluding carboxylic acids is 1. The van der Waals surface area contributed by atoms with E-state index in [2.05, 4.69) is 25.0 Å². The van der Waals surface area contributed by atoms with Crippen molar-refractivity contribution in [3.63, 3.8) is 0 Å². The molecule has 0 aliphatic heterocycles. The topological polar surface area (TPSA) is 123 Å². The molecule has 0 atom stereocenters. The summed E-state index contributed by atoms with van der Waals surface area (Å²) in [4.78, 5) is 11.9. The van der Waals surface area contributed by atoms with Crippen LogP contribution in [0.4, 0.5) is 5.69 Å². The molecule has 0 aliphatic rings. The van der Waals surface area contributed by atoms with E-state index in [0.717, 1.165) is 0 Å². The van der Waals surface area contributed by atoms with E-state index in [9.17, 15) is 13.2 Å². The van der Waals surface area contributed by atoms with Gasteiger partial charge < -0.3 is 10.1 Å². The van der Waals surface area contributed by atoms with Gasteiger partial charge >= 0.3 is 0 Å². The quantitative estimate of drug-likeness (QED) is 0.651. The molecule has 1 aromatic heterocycles. The number of hydrogen-bond donors (Lipinski definition) is 2. The van der Waals surface area contributed by atoms with Crippen LogP contribution in [-0.2, 0) is 14.8 Å². The summed E-state index contributed by atoms with van der Waals surface area (Å²) in [5, 5.41) is 10.0. The number of nitrogens with zero attached hydrogens (tertiary/aromatic N) is 2. The lowest BCUT2D eigenvalue weighted by atomic mass is 10.3. The molecule has 26 heavy (non-hydrogen) atoms. The van der Waals surface area contributed by atoms with Crippen LogP contribution in [0, 0.1) is 0 Å². The van der Waals surface area contributed by atoms with Crippen molar-refractivity contribution in [2.75, 3.05) is 19.0 Å². The van der Waals surface area contributed by atoms with Crippen LogP contribution in [-0.4, -0.2) is 38.3 Å². The van der Waals surface area contributed by atoms with Gasteiger partial charge in [0.05, 0.1) is 18.7 Å². The lowest BCUT2D eigenvalue weighted by molar-refractivity contribution is -0.115. The fourth-order valence-electron chi connectivity index (χ4n) is 2.19. The Bertz CT molecular complexity index is 1070. The molecule has 0 unspecified atom stereocenters. The Balaban J connectivity index is 1.69. The number of anilines is 1. The van der Waals surface area contributed by atoms with Crippen molar-refractivity contribution >= 4 is 44.3 Å². The summed E-state index contributed by atoms with van der Waals surface area (Å²) in [6.07, 6.45) is 0. The molecule has 0 saturated heterocycles. The minimum absolute atomic E-state index is 0.0855. The summed E-state index contributed by atoms with van der Waals surface area (Å²) in [5.74, 6) is -0.111. The third-order valence-electron chi connectivity index (χ3n) is 3.40. The highest BCUT2D eigenvalue weighted by Crippen LogP contribution is 2.27. The van der Waals surface area contributed by atoms with E-state index in [1.807, 2.05) is 0 Å². The lowest BCUT2D eigenvalue weighted by Gasteiger charge is -2.09. The molecule has 3 rings (SSSR count). The largest absolute Gasteiger partial charge is 0.495 e. The Morgan fingerprint density at radius 3 is 2.81 bits per heavy atom. The van der Waals surface area contributed by atoms with Gasteiger partial charge in [-0.3, -0.25) is 4.79 Å². The molecular formula is C15H13ClN4O5S. The van der Waals surface area contributed by atoms with Gasteiger partial charge in [0.15, 0.2) is 5.52 Å². The van der Waals surface area contributed by atoms with Gasteiger partial charge in [0, 0.05) is 5.69 Å². The third kappa shape index (κ3) is 3.77. The zero-order chi connectivity index (χ0) is 18.7. The van der Waals surface area contributed by atoms with Gasteiger partial charge in [-0.2, -0.15) is 0 Å². The van der Waals surface area contributed by atoms with E-state index in [1.54, 1.807) is 18.2 Å². The normalized spacial score (nSPS) is 11.5. The molecule has 0 saturated carbocycles. The summed E-state index contributed by atoms with van der Waals surface area (Å²) < 4.78 is 36.6. The molecular weight excluding hydrogens is 384 g/mol. The number of hydrogen-bond acceptors (Lipinski definition) is 7. The number of methoxy groups -OCH3 is 1. The predicted molar refractivity (Wildman–Crippen MR) is 93.6 cm³/mol. The van der Waals surface area contributed by atoms with Crippen molar-refractivity contribution in [3.05, 3.63) is 41.4 Å². The van der Waals surface area contributed by atoms with Gasteiger partial charge in [-0.25, -0.2) is 17.8 Å². The van der Waals surface area contributed by atoms with Crippen LogP contribution in [0.5, 0.6) is 5.75 Å². The van der Waals surface area contributed by atoms with Gasteiger partial charge in [0.1, 0.15) is 16.2 Å². The number of fused-ring (bicyclic) bond motifs is 1. The van der Waals surface area contributed by atoms with E-state index in [4.69, 9.17) is 16.3 Å². The fourth-order valence-corrected chi connectivity index (χ4v) is 3.57. The summed E-state index contributed by atoms with van der Waals surface area (Å²) in [5.41, 5.74) is 0.787. The first-order valence-electron chi connectivity index (χ1n) is 7.25. The molecule has 0 bridgehead atoms. The van der Waals surface area contributed by atoms with E-state index in [-0.39, 0.29) is 10.4 Å². The van der Waals surface area contributed by atoms with Crippen molar-refractivity contribution in [2.45, 2.75) is 4.90 Å². The zero-order valence-corrected chi connectivity index (χ0v) is 15.0. The highest BCUT2D eigenvalue weighted by molar-refractivity contribution is 7.89. The number of carbonyl (C=O) groups is 1. The smallest absolute Gasteiger partial charge is 0.243 e. The average Bonchev–Trinajstić information content (AvgIpc) is 3.09. The van der Waals surface area contributed by atoms with Crippen LogP contribution in [0.3, 0.4) is 0 Å². The van der Waals surface area contributed by atoms with Crippen LogP contribution in [0.1, 0.15) is 0 Å². The number of ether oxygens (including phenoxy) is 1. The molecule has 136 valence electrons. The fraction of sp³-hybridized carbons (Fsp3) is 0.133. The second-order valence-corrected chi connectivity index (χ2v) is 7.25. The molecule has 1 heterocycles. The molecule has 3 aromatic rings. The molecule has 0 aliphatic carbocycles. The average molecular weight is 397 g/mol. The molecule has 0 radical (unpaired) electrons. The highest BCUT2D eigenvalue weighted by atomic mass is 35.5. The minimum Gasteiger partial charge on any atom is -0.495 e. The number of sulfonamides is 1. The van der Waals surface area contributed by atoms with Crippen LogP contribution in [0.2, 0.25) is 5.02 Å². The molecule has 2 N–H and O–H groups in total. The standard InChI is InChI=1S/C15H13ClN4O5S/c1-24-12-6-5-9(7-10(12)16)18-14(21)8-17-26(22,23)13-4-2-3-11-15(13)20-25-19-11/h2-7,17H,8H2,1H3,(H,18,21). The molecule has 0 spiro atoms. The summed E-state index contributed by atoms with van der Waals surface area (Å²) in [6, 6.07) is 9.06. The monoisotopic (exact) mass is 396 g/mol. The number of halogens is 1. The molecule has 0 fully saturated rings. The van der Waals surface area contributed by atoms with Crippen molar-refractivity contribution in [1.29, 1.82) is 0 Å². The maximum Gasteiger partial charge on any atom is 0.243 e. The third-order valence-corrected chi connectivity index (χ3v) is 5.13.